The quantitative estimate of drug-likeness (QED) is 0.808. The van der Waals surface area contributed by atoms with Crippen LogP contribution >= 0.6 is 0 Å². The lowest BCUT2D eigenvalue weighted by atomic mass is 9.76. The van der Waals surface area contributed by atoms with Gasteiger partial charge in [0.05, 0.1) is 5.54 Å². The molecule has 0 saturated heterocycles. The first-order chi connectivity index (χ1) is 8.63. The maximum absolute atomic E-state index is 12.2. The molecule has 2 fully saturated rings. The zero-order valence-electron chi connectivity index (χ0n) is 11.7. The van der Waals surface area contributed by atoms with Gasteiger partial charge in [0.2, 0.25) is 5.91 Å². The van der Waals surface area contributed by atoms with E-state index in [-0.39, 0.29) is 11.4 Å². The van der Waals surface area contributed by atoms with Crippen molar-refractivity contribution in [2.45, 2.75) is 70.3 Å². The van der Waals surface area contributed by atoms with Gasteiger partial charge in [-0.3, -0.25) is 4.79 Å². The Morgan fingerprint density at radius 3 is 2.61 bits per heavy atom. The third-order valence-corrected chi connectivity index (χ3v) is 4.84. The van der Waals surface area contributed by atoms with E-state index in [4.69, 9.17) is 5.73 Å². The van der Waals surface area contributed by atoms with E-state index < -0.39 is 0 Å². The highest BCUT2D eigenvalue weighted by atomic mass is 16.1. The van der Waals surface area contributed by atoms with E-state index in [0.717, 1.165) is 19.3 Å². The maximum atomic E-state index is 12.2. The van der Waals surface area contributed by atoms with E-state index in [9.17, 15) is 4.79 Å². The van der Waals surface area contributed by atoms with Crippen LogP contribution in [0.25, 0.3) is 0 Å². The van der Waals surface area contributed by atoms with Crippen LogP contribution in [0.5, 0.6) is 0 Å². The lowest BCUT2D eigenvalue weighted by molar-refractivity contribution is -0.124. The molecule has 0 heterocycles. The molecular weight excluding hydrogens is 224 g/mol. The summed E-state index contributed by atoms with van der Waals surface area (Å²) in [6.45, 7) is 2.86. The van der Waals surface area contributed by atoms with E-state index in [1.165, 1.54) is 38.5 Å². The molecule has 1 amide bonds. The second kappa shape index (κ2) is 6.05. The van der Waals surface area contributed by atoms with Gasteiger partial charge in [0, 0.05) is 13.0 Å². The Morgan fingerprint density at radius 1 is 1.28 bits per heavy atom. The molecule has 2 aliphatic carbocycles. The van der Waals surface area contributed by atoms with E-state index >= 15 is 0 Å². The number of hydrogen-bond donors (Lipinski definition) is 2. The highest BCUT2D eigenvalue weighted by molar-refractivity contribution is 5.77. The fraction of sp³-hybridized carbons (Fsp3) is 0.933. The van der Waals surface area contributed by atoms with Gasteiger partial charge in [-0.1, -0.05) is 32.6 Å². The summed E-state index contributed by atoms with van der Waals surface area (Å²) in [5.41, 5.74) is 5.84. The average Bonchev–Trinajstić information content (AvgIpc) is 2.81. The fourth-order valence-corrected chi connectivity index (χ4v) is 3.83. The molecule has 0 bridgehead atoms. The van der Waals surface area contributed by atoms with Crippen LogP contribution in [0.3, 0.4) is 0 Å². The van der Waals surface area contributed by atoms with Crippen LogP contribution < -0.4 is 11.1 Å². The summed E-state index contributed by atoms with van der Waals surface area (Å²) in [6.07, 6.45) is 10.4. The van der Waals surface area contributed by atoms with Crippen molar-refractivity contribution in [2.24, 2.45) is 17.6 Å². The summed E-state index contributed by atoms with van der Waals surface area (Å²) in [5, 5.41) is 3.28. The Labute approximate surface area is 111 Å². The molecule has 2 aliphatic rings. The maximum Gasteiger partial charge on any atom is 0.220 e. The number of nitrogens with two attached hydrogens (primary N) is 1. The van der Waals surface area contributed by atoms with Gasteiger partial charge in [0.25, 0.3) is 0 Å². The summed E-state index contributed by atoms with van der Waals surface area (Å²) in [4.78, 5) is 12.2. The number of hydrogen-bond acceptors (Lipinski definition) is 2. The van der Waals surface area contributed by atoms with Crippen molar-refractivity contribution >= 4 is 5.91 Å². The molecule has 3 heteroatoms. The minimum absolute atomic E-state index is 0.104. The van der Waals surface area contributed by atoms with E-state index in [1.807, 2.05) is 0 Å². The topological polar surface area (TPSA) is 55.1 Å². The SMILES string of the molecule is CC1CCCC(CN)(NC(=O)CC2CCCC2)C1. The van der Waals surface area contributed by atoms with E-state index in [2.05, 4.69) is 12.2 Å². The molecule has 0 aromatic carbocycles. The molecule has 0 aromatic heterocycles. The number of rotatable bonds is 4. The van der Waals surface area contributed by atoms with Crippen molar-refractivity contribution in [1.29, 1.82) is 0 Å². The van der Waals surface area contributed by atoms with Crippen molar-refractivity contribution in [2.75, 3.05) is 6.54 Å². The molecule has 0 spiro atoms. The zero-order valence-corrected chi connectivity index (χ0v) is 11.7. The number of amides is 1. The number of nitrogens with one attached hydrogen (secondary N) is 1. The van der Waals surface area contributed by atoms with Crippen LogP contribution in [-0.2, 0) is 4.79 Å². The summed E-state index contributed by atoms with van der Waals surface area (Å²) in [5.74, 6) is 1.55. The predicted molar refractivity (Wildman–Crippen MR) is 74.1 cm³/mol. The van der Waals surface area contributed by atoms with Crippen LogP contribution in [0.15, 0.2) is 0 Å². The molecule has 2 atom stereocenters. The van der Waals surface area contributed by atoms with Crippen molar-refractivity contribution in [1.82, 2.24) is 5.32 Å². The standard InChI is InChI=1S/C15H28N2O/c1-12-5-4-8-15(10-12,11-16)17-14(18)9-13-6-2-3-7-13/h12-13H,2-11,16H2,1H3,(H,17,18). The lowest BCUT2D eigenvalue weighted by Crippen LogP contribution is -2.56. The molecular formula is C15H28N2O. The van der Waals surface area contributed by atoms with Crippen molar-refractivity contribution in [3.63, 3.8) is 0 Å². The van der Waals surface area contributed by atoms with Crippen molar-refractivity contribution in [3.05, 3.63) is 0 Å². The third kappa shape index (κ3) is 3.47. The average molecular weight is 252 g/mol. The molecule has 104 valence electrons. The van der Waals surface area contributed by atoms with Gasteiger partial charge in [-0.05, 0) is 37.5 Å². The Balaban J connectivity index is 1.86. The summed E-state index contributed by atoms with van der Waals surface area (Å²) >= 11 is 0. The van der Waals surface area contributed by atoms with Crippen LogP contribution in [0, 0.1) is 11.8 Å². The Hall–Kier alpha value is -0.570. The Kier molecular flexibility index (Phi) is 4.66. The largest absolute Gasteiger partial charge is 0.349 e. The van der Waals surface area contributed by atoms with Gasteiger partial charge < -0.3 is 11.1 Å². The van der Waals surface area contributed by atoms with Gasteiger partial charge in [-0.15, -0.1) is 0 Å². The Morgan fingerprint density at radius 2 is 2.00 bits per heavy atom. The number of carbonyl (C=O) groups excluding carboxylic acids is 1. The van der Waals surface area contributed by atoms with Crippen LogP contribution in [0.2, 0.25) is 0 Å². The van der Waals surface area contributed by atoms with Gasteiger partial charge >= 0.3 is 0 Å². The molecule has 2 unspecified atom stereocenters. The molecule has 0 aliphatic heterocycles. The van der Waals surface area contributed by atoms with Gasteiger partial charge in [-0.25, -0.2) is 0 Å². The predicted octanol–water partition coefficient (Wildman–Crippen LogP) is 2.59. The second-order valence-corrected chi connectivity index (χ2v) is 6.59. The summed E-state index contributed by atoms with van der Waals surface area (Å²) in [6, 6.07) is 0. The second-order valence-electron chi connectivity index (χ2n) is 6.59. The normalized spacial score (nSPS) is 33.6. The molecule has 2 rings (SSSR count). The van der Waals surface area contributed by atoms with Gasteiger partial charge in [-0.2, -0.15) is 0 Å². The van der Waals surface area contributed by atoms with Crippen LogP contribution in [0.1, 0.15) is 64.7 Å². The van der Waals surface area contributed by atoms with Gasteiger partial charge in [0.15, 0.2) is 0 Å². The molecule has 2 saturated carbocycles. The first kappa shape index (κ1) is 13.9. The minimum Gasteiger partial charge on any atom is -0.349 e. The third-order valence-electron chi connectivity index (χ3n) is 4.84. The lowest BCUT2D eigenvalue weighted by Gasteiger charge is -2.40. The van der Waals surface area contributed by atoms with Crippen LogP contribution in [0.4, 0.5) is 0 Å². The fourth-order valence-electron chi connectivity index (χ4n) is 3.83. The minimum atomic E-state index is -0.104. The Bertz CT molecular complexity index is 286. The molecule has 18 heavy (non-hydrogen) atoms. The molecule has 0 aromatic rings. The zero-order chi connectivity index (χ0) is 13.0. The van der Waals surface area contributed by atoms with Crippen LogP contribution in [-0.4, -0.2) is 18.0 Å². The van der Waals surface area contributed by atoms with E-state index in [1.54, 1.807) is 0 Å². The molecule has 3 nitrogen and oxygen atoms in total. The number of carbonyl (C=O) groups is 1. The van der Waals surface area contributed by atoms with Crippen molar-refractivity contribution in [3.8, 4) is 0 Å². The first-order valence-corrected chi connectivity index (χ1v) is 7.65. The van der Waals surface area contributed by atoms with E-state index in [0.29, 0.717) is 18.4 Å². The summed E-state index contributed by atoms with van der Waals surface area (Å²) in [7, 11) is 0. The molecule has 3 N–H and O–H groups in total. The summed E-state index contributed by atoms with van der Waals surface area (Å²) < 4.78 is 0. The highest BCUT2D eigenvalue weighted by Gasteiger charge is 2.35. The smallest absolute Gasteiger partial charge is 0.220 e. The van der Waals surface area contributed by atoms with Gasteiger partial charge in [0.1, 0.15) is 0 Å². The highest BCUT2D eigenvalue weighted by Crippen LogP contribution is 2.32. The first-order valence-electron chi connectivity index (χ1n) is 7.65. The molecule has 0 radical (unpaired) electrons. The van der Waals surface area contributed by atoms with Crippen molar-refractivity contribution < 1.29 is 4.79 Å². The monoisotopic (exact) mass is 252 g/mol.